The van der Waals surface area contributed by atoms with Crippen LogP contribution in [0.5, 0.6) is 5.75 Å². The van der Waals surface area contributed by atoms with E-state index in [4.69, 9.17) is 23.7 Å². The number of hydrogen-bond acceptors (Lipinski definition) is 8. The van der Waals surface area contributed by atoms with E-state index in [0.29, 0.717) is 58.4 Å². The van der Waals surface area contributed by atoms with Crippen molar-refractivity contribution in [2.24, 2.45) is 0 Å². The first-order chi connectivity index (χ1) is 13.1. The molecule has 0 bridgehead atoms. The zero-order valence-corrected chi connectivity index (χ0v) is 15.6. The van der Waals surface area contributed by atoms with Gasteiger partial charge in [-0.05, 0) is 18.6 Å². The van der Waals surface area contributed by atoms with Gasteiger partial charge in [0, 0.05) is 18.6 Å². The average molecular weight is 385 g/mol. The highest BCUT2D eigenvalue weighted by atomic mass is 16.6. The van der Waals surface area contributed by atoms with E-state index in [2.05, 4.69) is 0 Å². The third-order valence-electron chi connectivity index (χ3n) is 3.23. The second-order valence-electron chi connectivity index (χ2n) is 5.41. The summed E-state index contributed by atoms with van der Waals surface area (Å²) >= 11 is 0. The first kappa shape index (κ1) is 22.8. The minimum absolute atomic E-state index is 0.0252. The molecule has 0 N–H and O–H groups in total. The van der Waals surface area contributed by atoms with Crippen molar-refractivity contribution in [2.75, 3.05) is 52.9 Å². The number of rotatable bonds is 16. The minimum Gasteiger partial charge on any atom is -0.491 e. The lowest BCUT2D eigenvalue weighted by atomic mass is 10.3. The van der Waals surface area contributed by atoms with Gasteiger partial charge in [0.2, 0.25) is 0 Å². The van der Waals surface area contributed by atoms with Crippen LogP contribution in [0.25, 0.3) is 0 Å². The summed E-state index contributed by atoms with van der Waals surface area (Å²) in [6.45, 7) is 5.00. The molecule has 0 atom stereocenters. The third-order valence-corrected chi connectivity index (χ3v) is 3.23. The Labute approximate surface area is 158 Å². The molecule has 0 fully saturated rings. The standard InChI is InChI=1S/C18H27NO8/c1-2-3-18(20)27-15-13-25-11-9-23-8-10-24-12-14-26-17-6-4-16(5-7-17)19(21)22/h4-7H,2-3,8-15H2,1H3. The van der Waals surface area contributed by atoms with Gasteiger partial charge in [-0.25, -0.2) is 0 Å². The van der Waals surface area contributed by atoms with Gasteiger partial charge in [-0.15, -0.1) is 0 Å². The van der Waals surface area contributed by atoms with Crippen LogP contribution in [-0.4, -0.2) is 63.7 Å². The molecule has 0 aliphatic rings. The zero-order valence-electron chi connectivity index (χ0n) is 15.6. The molecule has 0 aromatic heterocycles. The summed E-state index contributed by atoms with van der Waals surface area (Å²) in [5.41, 5.74) is 0.0252. The van der Waals surface area contributed by atoms with E-state index in [0.717, 1.165) is 6.42 Å². The Kier molecular flexibility index (Phi) is 12.6. The van der Waals surface area contributed by atoms with Crippen LogP contribution in [-0.2, 0) is 23.7 Å². The second kappa shape index (κ2) is 14.9. The predicted molar refractivity (Wildman–Crippen MR) is 96.9 cm³/mol. The van der Waals surface area contributed by atoms with E-state index in [1.165, 1.54) is 12.1 Å². The Morgan fingerprint density at radius 2 is 1.41 bits per heavy atom. The second-order valence-corrected chi connectivity index (χ2v) is 5.41. The van der Waals surface area contributed by atoms with Gasteiger partial charge in [0.1, 0.15) is 19.0 Å². The molecule has 0 spiro atoms. The molecule has 0 heterocycles. The highest BCUT2D eigenvalue weighted by molar-refractivity contribution is 5.69. The lowest BCUT2D eigenvalue weighted by molar-refractivity contribution is -0.384. The van der Waals surface area contributed by atoms with Gasteiger partial charge in [-0.1, -0.05) is 6.92 Å². The molecule has 1 aromatic carbocycles. The Bertz CT molecular complexity index is 535. The van der Waals surface area contributed by atoms with E-state index < -0.39 is 4.92 Å². The quantitative estimate of drug-likeness (QED) is 0.185. The Balaban J connectivity index is 1.85. The predicted octanol–water partition coefficient (Wildman–Crippen LogP) is 2.37. The summed E-state index contributed by atoms with van der Waals surface area (Å²) in [4.78, 5) is 21.2. The minimum atomic E-state index is -0.458. The van der Waals surface area contributed by atoms with Crippen molar-refractivity contribution >= 4 is 11.7 Å². The van der Waals surface area contributed by atoms with Gasteiger partial charge in [-0.2, -0.15) is 0 Å². The molecule has 0 amide bonds. The third kappa shape index (κ3) is 11.9. The largest absolute Gasteiger partial charge is 0.491 e. The van der Waals surface area contributed by atoms with Gasteiger partial charge in [0.25, 0.3) is 5.69 Å². The SMILES string of the molecule is CCCC(=O)OCCOCCOCCOCCOc1ccc([N+](=O)[O-])cc1. The molecule has 1 aromatic rings. The molecule has 1 rings (SSSR count). The normalized spacial score (nSPS) is 10.6. The van der Waals surface area contributed by atoms with Crippen molar-refractivity contribution < 1.29 is 33.4 Å². The number of nitro benzene ring substituents is 1. The highest BCUT2D eigenvalue weighted by Crippen LogP contribution is 2.16. The van der Waals surface area contributed by atoms with Crippen molar-refractivity contribution in [3.05, 3.63) is 34.4 Å². The number of nitrogens with zero attached hydrogens (tertiary/aromatic N) is 1. The number of esters is 1. The van der Waals surface area contributed by atoms with E-state index in [1.54, 1.807) is 12.1 Å². The summed E-state index contributed by atoms with van der Waals surface area (Å²) in [5.74, 6) is 0.352. The fourth-order valence-electron chi connectivity index (χ4n) is 1.92. The molecule has 0 unspecified atom stereocenters. The summed E-state index contributed by atoms with van der Waals surface area (Å²) in [5, 5.41) is 10.5. The fraction of sp³-hybridized carbons (Fsp3) is 0.611. The van der Waals surface area contributed by atoms with Gasteiger partial charge in [0.05, 0.1) is 44.6 Å². The Morgan fingerprint density at radius 1 is 0.889 bits per heavy atom. The number of ether oxygens (including phenoxy) is 5. The van der Waals surface area contributed by atoms with Crippen molar-refractivity contribution in [3.8, 4) is 5.75 Å². The first-order valence-electron chi connectivity index (χ1n) is 8.89. The first-order valence-corrected chi connectivity index (χ1v) is 8.89. The summed E-state index contributed by atoms with van der Waals surface area (Å²) < 4.78 is 26.3. The zero-order chi connectivity index (χ0) is 19.7. The van der Waals surface area contributed by atoms with Gasteiger partial charge < -0.3 is 23.7 Å². The van der Waals surface area contributed by atoms with E-state index in [1.807, 2.05) is 6.92 Å². The van der Waals surface area contributed by atoms with Crippen LogP contribution in [0.15, 0.2) is 24.3 Å². The maximum atomic E-state index is 11.1. The molecular weight excluding hydrogens is 358 g/mol. The number of carbonyl (C=O) groups is 1. The Hall–Kier alpha value is -2.23. The van der Waals surface area contributed by atoms with E-state index >= 15 is 0 Å². The van der Waals surface area contributed by atoms with Crippen LogP contribution >= 0.6 is 0 Å². The molecule has 9 nitrogen and oxygen atoms in total. The Morgan fingerprint density at radius 3 is 1.93 bits per heavy atom. The van der Waals surface area contributed by atoms with Crippen LogP contribution in [0.3, 0.4) is 0 Å². The van der Waals surface area contributed by atoms with Gasteiger partial charge >= 0.3 is 5.97 Å². The monoisotopic (exact) mass is 385 g/mol. The lowest BCUT2D eigenvalue weighted by Crippen LogP contribution is -2.14. The summed E-state index contributed by atoms with van der Waals surface area (Å²) in [6, 6.07) is 5.88. The molecular formula is C18H27NO8. The topological polar surface area (TPSA) is 106 Å². The number of non-ortho nitro benzene ring substituents is 1. The maximum absolute atomic E-state index is 11.1. The van der Waals surface area contributed by atoms with E-state index in [-0.39, 0.29) is 18.3 Å². The molecule has 0 saturated carbocycles. The molecule has 0 saturated heterocycles. The van der Waals surface area contributed by atoms with Crippen LogP contribution in [0.2, 0.25) is 0 Å². The van der Waals surface area contributed by atoms with Crippen LogP contribution in [0.1, 0.15) is 19.8 Å². The van der Waals surface area contributed by atoms with Crippen molar-refractivity contribution in [1.29, 1.82) is 0 Å². The summed E-state index contributed by atoms with van der Waals surface area (Å²) in [7, 11) is 0. The molecule has 0 aliphatic heterocycles. The number of benzene rings is 1. The molecule has 0 aliphatic carbocycles. The van der Waals surface area contributed by atoms with Crippen LogP contribution in [0.4, 0.5) is 5.69 Å². The highest BCUT2D eigenvalue weighted by Gasteiger charge is 2.04. The van der Waals surface area contributed by atoms with Crippen molar-refractivity contribution in [2.45, 2.75) is 19.8 Å². The smallest absolute Gasteiger partial charge is 0.305 e. The number of nitro groups is 1. The average Bonchev–Trinajstić information content (AvgIpc) is 2.66. The molecule has 9 heteroatoms. The number of carbonyl (C=O) groups excluding carboxylic acids is 1. The van der Waals surface area contributed by atoms with Gasteiger partial charge in [-0.3, -0.25) is 14.9 Å². The lowest BCUT2D eigenvalue weighted by Gasteiger charge is -2.08. The molecule has 152 valence electrons. The van der Waals surface area contributed by atoms with E-state index in [9.17, 15) is 14.9 Å². The molecule has 27 heavy (non-hydrogen) atoms. The van der Waals surface area contributed by atoms with Crippen LogP contribution in [0, 0.1) is 10.1 Å². The fourth-order valence-corrected chi connectivity index (χ4v) is 1.92. The molecule has 0 radical (unpaired) electrons. The van der Waals surface area contributed by atoms with Crippen molar-refractivity contribution in [1.82, 2.24) is 0 Å². The van der Waals surface area contributed by atoms with Crippen molar-refractivity contribution in [3.63, 3.8) is 0 Å². The maximum Gasteiger partial charge on any atom is 0.305 e. The van der Waals surface area contributed by atoms with Gasteiger partial charge in [0.15, 0.2) is 0 Å². The van der Waals surface area contributed by atoms with Crippen LogP contribution < -0.4 is 4.74 Å². The number of hydrogen-bond donors (Lipinski definition) is 0. The summed E-state index contributed by atoms with van der Waals surface area (Å²) in [6.07, 6.45) is 1.21.